The van der Waals surface area contributed by atoms with Gasteiger partial charge in [-0.25, -0.2) is 13.1 Å². The Labute approximate surface area is 168 Å². The third kappa shape index (κ3) is 5.04. The van der Waals surface area contributed by atoms with Crippen LogP contribution in [0.5, 0.6) is 5.75 Å². The topological polar surface area (TPSA) is 97.6 Å². The van der Waals surface area contributed by atoms with E-state index in [4.69, 9.17) is 9.15 Å². The smallest absolute Gasteiger partial charge is 0.291 e. The van der Waals surface area contributed by atoms with E-state index in [-0.39, 0.29) is 16.9 Å². The molecule has 0 spiro atoms. The van der Waals surface area contributed by atoms with Crippen LogP contribution in [0.4, 0.5) is 5.69 Å². The SMILES string of the molecule is O=C(Nc1ccc(OCc2ccccc2)cc1)c1ccc(S(=O)(=O)NC2CC2)o1. The lowest BCUT2D eigenvalue weighted by Crippen LogP contribution is -2.25. The van der Waals surface area contributed by atoms with E-state index in [2.05, 4.69) is 10.0 Å². The predicted octanol–water partition coefficient (Wildman–Crippen LogP) is 3.55. The first-order valence-electron chi connectivity index (χ1n) is 9.20. The summed E-state index contributed by atoms with van der Waals surface area (Å²) in [4.78, 5) is 12.3. The van der Waals surface area contributed by atoms with Crippen molar-refractivity contribution in [3.8, 4) is 5.75 Å². The summed E-state index contributed by atoms with van der Waals surface area (Å²) in [5.41, 5.74) is 1.60. The molecule has 1 fully saturated rings. The van der Waals surface area contributed by atoms with Crippen molar-refractivity contribution in [1.29, 1.82) is 0 Å². The van der Waals surface area contributed by atoms with Gasteiger partial charge >= 0.3 is 0 Å². The minimum atomic E-state index is -3.73. The van der Waals surface area contributed by atoms with Crippen LogP contribution in [0.2, 0.25) is 0 Å². The maximum absolute atomic E-state index is 12.3. The molecule has 0 atom stereocenters. The molecule has 0 bridgehead atoms. The van der Waals surface area contributed by atoms with Gasteiger partial charge in [-0.2, -0.15) is 0 Å². The molecule has 0 radical (unpaired) electrons. The van der Waals surface area contributed by atoms with Gasteiger partial charge in [0.05, 0.1) is 0 Å². The monoisotopic (exact) mass is 412 g/mol. The van der Waals surface area contributed by atoms with E-state index in [1.165, 1.54) is 12.1 Å². The predicted molar refractivity (Wildman–Crippen MR) is 107 cm³/mol. The van der Waals surface area contributed by atoms with Crippen molar-refractivity contribution >= 4 is 21.6 Å². The van der Waals surface area contributed by atoms with Gasteiger partial charge in [0.2, 0.25) is 5.09 Å². The summed E-state index contributed by atoms with van der Waals surface area (Å²) in [5.74, 6) is 0.0609. The van der Waals surface area contributed by atoms with Gasteiger partial charge in [0.1, 0.15) is 12.4 Å². The van der Waals surface area contributed by atoms with Crippen LogP contribution in [0.3, 0.4) is 0 Å². The number of carbonyl (C=O) groups is 1. The second-order valence-corrected chi connectivity index (χ2v) is 8.41. The quantitative estimate of drug-likeness (QED) is 0.590. The highest BCUT2D eigenvalue weighted by atomic mass is 32.2. The van der Waals surface area contributed by atoms with Crippen LogP contribution in [-0.4, -0.2) is 20.4 Å². The summed E-state index contributed by atoms with van der Waals surface area (Å²) < 4.78 is 37.7. The zero-order valence-corrected chi connectivity index (χ0v) is 16.3. The zero-order chi connectivity index (χ0) is 20.3. The van der Waals surface area contributed by atoms with E-state index >= 15 is 0 Å². The molecular formula is C21H20N2O5S. The number of nitrogens with one attached hydrogen (secondary N) is 2. The number of carbonyl (C=O) groups excluding carboxylic acids is 1. The number of furan rings is 1. The normalized spacial score (nSPS) is 13.8. The minimum Gasteiger partial charge on any atom is -0.489 e. The first-order chi connectivity index (χ1) is 14.0. The highest BCUT2D eigenvalue weighted by molar-refractivity contribution is 7.89. The van der Waals surface area contributed by atoms with Crippen LogP contribution < -0.4 is 14.8 Å². The molecule has 1 aromatic heterocycles. The van der Waals surface area contributed by atoms with Gasteiger partial charge in [0.15, 0.2) is 5.76 Å². The Bertz CT molecular complexity index is 1090. The van der Waals surface area contributed by atoms with Gasteiger partial charge in [0, 0.05) is 11.7 Å². The Kier molecular flexibility index (Phi) is 5.37. The average Bonchev–Trinajstić information content (AvgIpc) is 3.37. The average molecular weight is 412 g/mol. The van der Waals surface area contributed by atoms with Crippen molar-refractivity contribution < 1.29 is 22.4 Å². The van der Waals surface area contributed by atoms with Crippen molar-refractivity contribution in [1.82, 2.24) is 4.72 Å². The molecule has 1 aliphatic rings. The van der Waals surface area contributed by atoms with Crippen LogP contribution in [-0.2, 0) is 16.6 Å². The molecule has 1 heterocycles. The second kappa shape index (κ2) is 8.10. The lowest BCUT2D eigenvalue weighted by Gasteiger charge is -2.08. The van der Waals surface area contributed by atoms with Crippen LogP contribution in [0.15, 0.2) is 76.2 Å². The molecule has 7 nitrogen and oxygen atoms in total. The van der Waals surface area contributed by atoms with Crippen molar-refractivity contribution in [2.75, 3.05) is 5.32 Å². The Morgan fingerprint density at radius 2 is 1.72 bits per heavy atom. The molecule has 29 heavy (non-hydrogen) atoms. The molecular weight excluding hydrogens is 392 g/mol. The van der Waals surface area contributed by atoms with Crippen LogP contribution in [0.1, 0.15) is 29.0 Å². The minimum absolute atomic E-state index is 0.0370. The number of amides is 1. The molecule has 2 N–H and O–H groups in total. The van der Waals surface area contributed by atoms with Crippen LogP contribution >= 0.6 is 0 Å². The van der Waals surface area contributed by atoms with E-state index in [0.717, 1.165) is 18.4 Å². The summed E-state index contributed by atoms with van der Waals surface area (Å²) in [5, 5.41) is 2.41. The number of rotatable bonds is 8. The lowest BCUT2D eigenvalue weighted by molar-refractivity contribution is 0.0991. The maximum atomic E-state index is 12.3. The summed E-state index contributed by atoms with van der Waals surface area (Å²) in [7, 11) is -3.73. The van der Waals surface area contributed by atoms with Gasteiger partial charge < -0.3 is 14.5 Å². The number of ether oxygens (including phenoxy) is 1. The largest absolute Gasteiger partial charge is 0.489 e. The number of sulfonamides is 1. The summed E-state index contributed by atoms with van der Waals surface area (Å²) in [6.45, 7) is 0.449. The standard InChI is InChI=1S/C21H20N2O5S/c24-21(19-12-13-20(28-19)29(25,26)23-17-6-7-17)22-16-8-10-18(11-9-16)27-14-15-4-2-1-3-5-15/h1-5,8-13,17,23H,6-7,14H2,(H,22,24). The Hall–Kier alpha value is -3.10. The fourth-order valence-electron chi connectivity index (χ4n) is 2.63. The Balaban J connectivity index is 1.35. The fraction of sp³-hybridized carbons (Fsp3) is 0.190. The number of hydrogen-bond acceptors (Lipinski definition) is 5. The molecule has 2 aromatic carbocycles. The van der Waals surface area contributed by atoms with Gasteiger partial charge in [-0.3, -0.25) is 4.79 Å². The molecule has 1 aliphatic carbocycles. The van der Waals surface area contributed by atoms with E-state index in [9.17, 15) is 13.2 Å². The van der Waals surface area contributed by atoms with Gasteiger partial charge in [-0.05, 0) is 54.8 Å². The maximum Gasteiger partial charge on any atom is 0.291 e. The van der Waals surface area contributed by atoms with Crippen molar-refractivity contribution in [3.63, 3.8) is 0 Å². The van der Waals surface area contributed by atoms with Crippen molar-refractivity contribution in [2.45, 2.75) is 30.6 Å². The third-order valence-electron chi connectivity index (χ3n) is 4.33. The highest BCUT2D eigenvalue weighted by Crippen LogP contribution is 2.23. The number of hydrogen-bond donors (Lipinski definition) is 2. The van der Waals surface area contributed by atoms with Crippen molar-refractivity contribution in [3.05, 3.63) is 78.1 Å². The second-order valence-electron chi connectivity index (χ2n) is 6.77. The molecule has 0 unspecified atom stereocenters. The van der Waals surface area contributed by atoms with Gasteiger partial charge in [0.25, 0.3) is 15.9 Å². The first-order valence-corrected chi connectivity index (χ1v) is 10.7. The summed E-state index contributed by atoms with van der Waals surface area (Å²) in [6, 6.07) is 19.3. The number of benzene rings is 2. The Morgan fingerprint density at radius 3 is 2.41 bits per heavy atom. The highest BCUT2D eigenvalue weighted by Gasteiger charge is 2.30. The van der Waals surface area contributed by atoms with Crippen molar-refractivity contribution in [2.24, 2.45) is 0 Å². The van der Waals surface area contributed by atoms with Crippen LogP contribution in [0.25, 0.3) is 0 Å². The van der Waals surface area contributed by atoms with E-state index in [1.54, 1.807) is 24.3 Å². The molecule has 0 aliphatic heterocycles. The Morgan fingerprint density at radius 1 is 1.00 bits per heavy atom. The summed E-state index contributed by atoms with van der Waals surface area (Å²) >= 11 is 0. The van der Waals surface area contributed by atoms with Crippen LogP contribution in [0, 0.1) is 0 Å². The van der Waals surface area contributed by atoms with E-state index in [1.807, 2.05) is 30.3 Å². The molecule has 4 rings (SSSR count). The first kappa shape index (κ1) is 19.2. The zero-order valence-electron chi connectivity index (χ0n) is 15.5. The summed E-state index contributed by atoms with van der Waals surface area (Å²) in [6.07, 6.45) is 1.64. The van der Waals surface area contributed by atoms with Gasteiger partial charge in [-0.1, -0.05) is 30.3 Å². The fourth-order valence-corrected chi connectivity index (χ4v) is 3.87. The number of anilines is 1. The van der Waals surface area contributed by atoms with Gasteiger partial charge in [-0.15, -0.1) is 0 Å². The van der Waals surface area contributed by atoms with E-state index in [0.29, 0.717) is 18.0 Å². The third-order valence-corrected chi connectivity index (χ3v) is 5.72. The molecule has 150 valence electrons. The van der Waals surface area contributed by atoms with E-state index < -0.39 is 15.9 Å². The molecule has 1 saturated carbocycles. The molecule has 8 heteroatoms. The molecule has 3 aromatic rings. The molecule has 1 amide bonds. The molecule has 0 saturated heterocycles. The lowest BCUT2D eigenvalue weighted by atomic mass is 10.2.